The van der Waals surface area contributed by atoms with Crippen LogP contribution in [0.4, 0.5) is 4.39 Å². The number of hydrogen-bond acceptors (Lipinski definition) is 3. The first kappa shape index (κ1) is 13.8. The first-order valence-electron chi connectivity index (χ1n) is 6.67. The van der Waals surface area contributed by atoms with Crippen LogP contribution in [0.1, 0.15) is 0 Å². The molecule has 0 aliphatic carbocycles. The zero-order chi connectivity index (χ0) is 16.1. The summed E-state index contributed by atoms with van der Waals surface area (Å²) in [6.45, 7) is 0. The number of halogens is 2. The van der Waals surface area contributed by atoms with E-state index in [2.05, 4.69) is 4.98 Å². The third-order valence-electron chi connectivity index (χ3n) is 3.54. The van der Waals surface area contributed by atoms with Gasteiger partial charge in [0.15, 0.2) is 10.9 Å². The molecule has 0 spiro atoms. The van der Waals surface area contributed by atoms with E-state index in [9.17, 15) is 14.0 Å². The van der Waals surface area contributed by atoms with Crippen molar-refractivity contribution in [3.8, 4) is 5.69 Å². The van der Waals surface area contributed by atoms with Crippen LogP contribution in [-0.2, 0) is 0 Å². The van der Waals surface area contributed by atoms with Crippen molar-refractivity contribution in [1.82, 2.24) is 9.55 Å². The Balaban J connectivity index is 2.12. The van der Waals surface area contributed by atoms with Crippen LogP contribution in [0.5, 0.6) is 0 Å². The van der Waals surface area contributed by atoms with Crippen LogP contribution in [0.2, 0.25) is 5.02 Å². The highest BCUT2D eigenvalue weighted by atomic mass is 35.5. The quantitative estimate of drug-likeness (QED) is 0.583. The minimum absolute atomic E-state index is 0.0362. The van der Waals surface area contributed by atoms with Crippen molar-refractivity contribution >= 4 is 22.7 Å². The second kappa shape index (κ2) is 4.82. The lowest BCUT2D eigenvalue weighted by molar-refractivity contribution is 0.556. The number of H-pyrrole nitrogens is 1. The number of rotatable bonds is 1. The fourth-order valence-electron chi connectivity index (χ4n) is 2.47. The average Bonchev–Trinajstić information content (AvgIpc) is 2.78. The molecule has 0 fully saturated rings. The van der Waals surface area contributed by atoms with E-state index in [1.165, 1.54) is 24.3 Å². The molecule has 23 heavy (non-hydrogen) atoms. The number of nitrogens with zero attached hydrogens (tertiary/aromatic N) is 1. The lowest BCUT2D eigenvalue weighted by Crippen LogP contribution is -2.24. The number of benzene rings is 2. The van der Waals surface area contributed by atoms with Crippen molar-refractivity contribution in [3.05, 3.63) is 84.8 Å². The fourth-order valence-corrected chi connectivity index (χ4v) is 2.64. The van der Waals surface area contributed by atoms with Gasteiger partial charge in [0.2, 0.25) is 5.42 Å². The molecule has 2 aliphatic rings. The summed E-state index contributed by atoms with van der Waals surface area (Å²) in [6.07, 6.45) is 0. The Bertz CT molecular complexity index is 1220. The van der Waals surface area contributed by atoms with E-state index >= 15 is 0 Å². The Morgan fingerprint density at radius 2 is 1.78 bits per heavy atom. The van der Waals surface area contributed by atoms with Crippen LogP contribution in [0.15, 0.2) is 56.5 Å². The molecule has 114 valence electrons. The van der Waals surface area contributed by atoms with Gasteiger partial charge in [-0.2, -0.15) is 0 Å². The van der Waals surface area contributed by atoms with Crippen molar-refractivity contribution < 1.29 is 8.81 Å². The highest BCUT2D eigenvalue weighted by Crippen LogP contribution is 2.17. The fraction of sp³-hybridized carbons (Fsp3) is 0. The zero-order valence-electron chi connectivity index (χ0n) is 11.5. The summed E-state index contributed by atoms with van der Waals surface area (Å²) in [5.74, 6) is -0.456. The number of hydrogen-bond donors (Lipinski definition) is 1. The van der Waals surface area contributed by atoms with E-state index in [0.717, 1.165) is 4.57 Å². The largest absolute Gasteiger partial charge is 0.447 e. The minimum atomic E-state index is -0.607. The molecule has 5 nitrogen and oxygen atoms in total. The van der Waals surface area contributed by atoms with E-state index in [4.69, 9.17) is 16.0 Å². The van der Waals surface area contributed by atoms with Gasteiger partial charge in [-0.25, -0.2) is 8.96 Å². The van der Waals surface area contributed by atoms with E-state index < -0.39 is 16.9 Å². The first-order valence-corrected chi connectivity index (χ1v) is 7.05. The third kappa shape index (κ3) is 2.07. The maximum atomic E-state index is 13.0. The normalized spacial score (nSPS) is 11.4. The smallest absolute Gasteiger partial charge is 0.303 e. The molecule has 0 saturated carbocycles. The zero-order valence-corrected chi connectivity index (χ0v) is 12.2. The summed E-state index contributed by atoms with van der Waals surface area (Å²) in [7, 11) is 0. The van der Waals surface area contributed by atoms with Crippen LogP contribution in [0.25, 0.3) is 16.8 Å². The summed E-state index contributed by atoms with van der Waals surface area (Å²) >= 11 is 5.91. The molecule has 0 aromatic heterocycles. The molecule has 0 saturated heterocycles. The van der Waals surface area contributed by atoms with Gasteiger partial charge in [-0.05, 0) is 42.5 Å². The van der Waals surface area contributed by atoms with Crippen LogP contribution in [0, 0.1) is 16.6 Å². The highest BCUT2D eigenvalue weighted by molar-refractivity contribution is 6.31. The summed E-state index contributed by atoms with van der Waals surface area (Å²) in [5.41, 5.74) is -0.0991. The van der Waals surface area contributed by atoms with Gasteiger partial charge >= 0.3 is 5.56 Å². The maximum Gasteiger partial charge on any atom is 0.303 e. The molecule has 0 unspecified atom stereocenters. The Morgan fingerprint density at radius 3 is 2.52 bits per heavy atom. The Labute approximate surface area is 132 Å². The van der Waals surface area contributed by atoms with E-state index in [1.807, 2.05) is 0 Å². The lowest BCUT2D eigenvalue weighted by atomic mass is 10.3. The molecule has 4 rings (SSSR count). The second-order valence-electron chi connectivity index (χ2n) is 4.99. The molecular weight excluding hydrogens is 323 g/mol. The minimum Gasteiger partial charge on any atom is -0.447 e. The number of nitrogens with one attached hydrogen (secondary N) is 1. The molecule has 2 aliphatic heterocycles. The van der Waals surface area contributed by atoms with Gasteiger partial charge in [-0.15, -0.1) is 0 Å². The summed E-state index contributed by atoms with van der Waals surface area (Å²) < 4.78 is 19.5. The second-order valence-corrected chi connectivity index (χ2v) is 5.43. The standard InChI is InChI=1S/C16H8ClFN2O3/c17-8-1-6-12-11(7-8)19-13-14(23-12)16(22)20(15(13)21)10-4-2-9(18)3-5-10/h1-7,19H. The molecule has 2 heterocycles. The number of aromatic nitrogens is 2. The molecule has 0 atom stereocenters. The average molecular weight is 331 g/mol. The van der Waals surface area contributed by atoms with Crippen molar-refractivity contribution in [1.29, 1.82) is 0 Å². The molecule has 0 bridgehead atoms. The van der Waals surface area contributed by atoms with Gasteiger partial charge in [-0.3, -0.25) is 9.59 Å². The Hall–Kier alpha value is -2.86. The van der Waals surface area contributed by atoms with E-state index in [-0.39, 0.29) is 16.5 Å². The van der Waals surface area contributed by atoms with Gasteiger partial charge < -0.3 is 9.40 Å². The predicted octanol–water partition coefficient (Wildman–Crippen LogP) is 2.79. The summed E-state index contributed by atoms with van der Waals surface area (Å²) in [6, 6.07) is 9.88. The topological polar surface area (TPSA) is 68.0 Å². The molecule has 2 aromatic carbocycles. The lowest BCUT2D eigenvalue weighted by Gasteiger charge is -1.98. The number of fused-ring (bicyclic) bond motifs is 1. The van der Waals surface area contributed by atoms with Crippen molar-refractivity contribution in [3.63, 3.8) is 0 Å². The monoisotopic (exact) mass is 330 g/mol. The Kier molecular flexibility index (Phi) is 2.89. The Morgan fingerprint density at radius 1 is 1.04 bits per heavy atom. The summed E-state index contributed by atoms with van der Waals surface area (Å²) in [5, 5.41) is 0.505. The maximum absolute atomic E-state index is 13.0. The van der Waals surface area contributed by atoms with Gasteiger partial charge in [0, 0.05) is 5.02 Å². The van der Waals surface area contributed by atoms with Crippen LogP contribution in [-0.4, -0.2) is 9.55 Å². The van der Waals surface area contributed by atoms with E-state index in [1.54, 1.807) is 18.2 Å². The number of aromatic amines is 1. The van der Waals surface area contributed by atoms with E-state index in [0.29, 0.717) is 16.1 Å². The van der Waals surface area contributed by atoms with Gasteiger partial charge in [0.05, 0.1) is 11.2 Å². The summed E-state index contributed by atoms with van der Waals surface area (Å²) in [4.78, 5) is 27.9. The van der Waals surface area contributed by atoms with Gasteiger partial charge in [0.25, 0.3) is 5.56 Å². The van der Waals surface area contributed by atoms with Crippen molar-refractivity contribution in [2.75, 3.05) is 0 Å². The molecule has 2 aromatic rings. The third-order valence-corrected chi connectivity index (χ3v) is 3.77. The highest BCUT2D eigenvalue weighted by Gasteiger charge is 2.15. The molecule has 0 radical (unpaired) electrons. The van der Waals surface area contributed by atoms with Crippen molar-refractivity contribution in [2.45, 2.75) is 0 Å². The van der Waals surface area contributed by atoms with Crippen LogP contribution in [0.3, 0.4) is 0 Å². The van der Waals surface area contributed by atoms with Crippen LogP contribution >= 0.6 is 11.6 Å². The molecule has 0 amide bonds. The molecule has 7 heteroatoms. The first-order chi connectivity index (χ1) is 11.0. The van der Waals surface area contributed by atoms with Crippen LogP contribution < -0.4 is 11.1 Å². The van der Waals surface area contributed by atoms with Gasteiger partial charge in [-0.1, -0.05) is 11.6 Å². The van der Waals surface area contributed by atoms with Crippen molar-refractivity contribution in [2.24, 2.45) is 0 Å². The molecule has 1 N–H and O–H groups in total. The predicted molar refractivity (Wildman–Crippen MR) is 82.7 cm³/mol. The van der Waals surface area contributed by atoms with Gasteiger partial charge in [0.1, 0.15) is 5.82 Å². The molecular formula is C16H8ClFN2O3. The SMILES string of the molecule is O=c1c2[nH]c3cc(Cl)ccc3oc=2c(=O)n1-c1ccc(F)cc1.